The van der Waals surface area contributed by atoms with E-state index in [-0.39, 0.29) is 5.54 Å². The predicted octanol–water partition coefficient (Wildman–Crippen LogP) is 3.65. The van der Waals surface area contributed by atoms with Gasteiger partial charge in [0.05, 0.1) is 6.07 Å². The Labute approximate surface area is 113 Å². The quantitative estimate of drug-likeness (QED) is 0.541. The average Bonchev–Trinajstić information content (AvgIpc) is 2.39. The van der Waals surface area contributed by atoms with Gasteiger partial charge in [0.25, 0.3) is 0 Å². The van der Waals surface area contributed by atoms with Crippen molar-refractivity contribution in [1.29, 1.82) is 5.26 Å². The van der Waals surface area contributed by atoms with Crippen LogP contribution >= 0.6 is 0 Å². The van der Waals surface area contributed by atoms with Crippen LogP contribution < -0.4 is 5.32 Å². The Morgan fingerprint density at radius 3 is 2.39 bits per heavy atom. The van der Waals surface area contributed by atoms with Crippen molar-refractivity contribution in [2.24, 2.45) is 0 Å². The van der Waals surface area contributed by atoms with E-state index in [0.29, 0.717) is 0 Å². The summed E-state index contributed by atoms with van der Waals surface area (Å²) in [5.41, 5.74) is -0.387. The highest BCUT2D eigenvalue weighted by molar-refractivity contribution is 5.03. The molecule has 0 aromatic rings. The molecule has 1 unspecified atom stereocenters. The smallest absolute Gasteiger partial charge is 0.104 e. The van der Waals surface area contributed by atoms with Gasteiger partial charge in [-0.15, -0.1) is 0 Å². The first-order valence-corrected chi connectivity index (χ1v) is 7.42. The second-order valence-corrected chi connectivity index (χ2v) is 5.15. The monoisotopic (exact) mass is 254 g/mol. The molecule has 0 aliphatic rings. The van der Waals surface area contributed by atoms with Crippen LogP contribution in [0.1, 0.15) is 65.7 Å². The predicted molar refractivity (Wildman–Crippen MR) is 76.5 cm³/mol. The van der Waals surface area contributed by atoms with Gasteiger partial charge in [0.15, 0.2) is 0 Å². The molecule has 0 heterocycles. The molecule has 3 heteroatoms. The summed E-state index contributed by atoms with van der Waals surface area (Å²) < 4.78 is 5.59. The van der Waals surface area contributed by atoms with Gasteiger partial charge in [0.1, 0.15) is 5.54 Å². The lowest BCUT2D eigenvalue weighted by atomic mass is 9.98. The van der Waals surface area contributed by atoms with Crippen LogP contribution in [0.4, 0.5) is 0 Å². The number of hydrogen-bond acceptors (Lipinski definition) is 3. The molecule has 0 aliphatic heterocycles. The Balaban J connectivity index is 3.48. The summed E-state index contributed by atoms with van der Waals surface area (Å²) in [6.45, 7) is 8.85. The maximum absolute atomic E-state index is 9.16. The molecule has 0 aromatic heterocycles. The molecule has 0 spiro atoms. The van der Waals surface area contributed by atoms with Crippen molar-refractivity contribution >= 4 is 0 Å². The summed E-state index contributed by atoms with van der Waals surface area (Å²) in [7, 11) is 0. The molecule has 0 radical (unpaired) electrons. The average molecular weight is 254 g/mol. The first-order valence-electron chi connectivity index (χ1n) is 7.42. The van der Waals surface area contributed by atoms with E-state index in [4.69, 9.17) is 10.00 Å². The summed E-state index contributed by atoms with van der Waals surface area (Å²) in [5.74, 6) is 0. The number of nitriles is 1. The van der Waals surface area contributed by atoms with Crippen molar-refractivity contribution < 1.29 is 4.74 Å². The summed E-state index contributed by atoms with van der Waals surface area (Å²) in [6, 6.07) is 2.37. The van der Waals surface area contributed by atoms with E-state index in [9.17, 15) is 0 Å². The molecule has 0 aliphatic carbocycles. The van der Waals surface area contributed by atoms with E-state index in [1.165, 1.54) is 19.3 Å². The minimum absolute atomic E-state index is 0.387. The molecule has 0 bridgehead atoms. The van der Waals surface area contributed by atoms with E-state index in [1.807, 2.05) is 6.92 Å². The van der Waals surface area contributed by atoms with Crippen molar-refractivity contribution in [3.05, 3.63) is 0 Å². The van der Waals surface area contributed by atoms with E-state index < -0.39 is 0 Å². The second-order valence-electron chi connectivity index (χ2n) is 5.15. The number of rotatable bonds is 12. The van der Waals surface area contributed by atoms with Crippen molar-refractivity contribution in [3.63, 3.8) is 0 Å². The van der Waals surface area contributed by atoms with Crippen LogP contribution in [0.3, 0.4) is 0 Å². The lowest BCUT2D eigenvalue weighted by molar-refractivity contribution is 0.122. The maximum atomic E-state index is 9.16. The van der Waals surface area contributed by atoms with Gasteiger partial charge in [-0.1, -0.05) is 33.1 Å². The third kappa shape index (κ3) is 9.44. The van der Waals surface area contributed by atoms with Crippen LogP contribution in [0.5, 0.6) is 0 Å². The highest BCUT2D eigenvalue weighted by Gasteiger charge is 2.21. The fourth-order valence-corrected chi connectivity index (χ4v) is 1.85. The van der Waals surface area contributed by atoms with Gasteiger partial charge in [-0.25, -0.2) is 0 Å². The lowest BCUT2D eigenvalue weighted by Crippen LogP contribution is -2.41. The number of nitrogens with zero attached hydrogens (tertiary/aromatic N) is 1. The summed E-state index contributed by atoms with van der Waals surface area (Å²) in [4.78, 5) is 0. The summed E-state index contributed by atoms with van der Waals surface area (Å²) >= 11 is 0. The van der Waals surface area contributed by atoms with Gasteiger partial charge in [-0.2, -0.15) is 5.26 Å². The van der Waals surface area contributed by atoms with E-state index in [2.05, 4.69) is 25.2 Å². The minimum atomic E-state index is -0.387. The highest BCUT2D eigenvalue weighted by Crippen LogP contribution is 2.11. The number of ether oxygens (including phenoxy) is 1. The molecule has 0 amide bonds. The molecule has 0 rings (SSSR count). The number of unbranched alkanes of at least 4 members (excludes halogenated alkanes) is 3. The normalized spacial score (nSPS) is 14.1. The summed E-state index contributed by atoms with van der Waals surface area (Å²) in [6.07, 6.45) is 7.88. The van der Waals surface area contributed by atoms with Crippen molar-refractivity contribution in [2.45, 2.75) is 71.3 Å². The number of hydrogen-bond donors (Lipinski definition) is 1. The molecular formula is C15H30N2O. The minimum Gasteiger partial charge on any atom is -0.381 e. The molecule has 0 aromatic carbocycles. The first kappa shape index (κ1) is 17.4. The molecule has 0 fully saturated rings. The van der Waals surface area contributed by atoms with Crippen LogP contribution in [0, 0.1) is 11.3 Å². The standard InChI is InChI=1S/C15H30N2O/c1-4-6-7-8-12-18-13-9-10-15(3,14-16)17-11-5-2/h17H,4-13H2,1-3H3. The molecule has 0 saturated carbocycles. The van der Waals surface area contributed by atoms with E-state index in [0.717, 1.165) is 45.4 Å². The molecule has 106 valence electrons. The molecule has 18 heavy (non-hydrogen) atoms. The number of nitrogens with one attached hydrogen (secondary N) is 1. The Morgan fingerprint density at radius 1 is 1.06 bits per heavy atom. The fourth-order valence-electron chi connectivity index (χ4n) is 1.85. The Morgan fingerprint density at radius 2 is 1.78 bits per heavy atom. The molecule has 3 nitrogen and oxygen atoms in total. The third-order valence-corrected chi connectivity index (χ3v) is 3.12. The van der Waals surface area contributed by atoms with Crippen LogP contribution in [-0.2, 0) is 4.74 Å². The molecule has 0 saturated heterocycles. The fraction of sp³-hybridized carbons (Fsp3) is 0.933. The maximum Gasteiger partial charge on any atom is 0.104 e. The van der Waals surface area contributed by atoms with Gasteiger partial charge in [-0.05, 0) is 39.2 Å². The first-order chi connectivity index (χ1) is 8.68. The van der Waals surface area contributed by atoms with E-state index >= 15 is 0 Å². The second kappa shape index (κ2) is 11.5. The van der Waals surface area contributed by atoms with Crippen molar-refractivity contribution in [1.82, 2.24) is 5.32 Å². The van der Waals surface area contributed by atoms with E-state index in [1.54, 1.807) is 0 Å². The van der Waals surface area contributed by atoms with Gasteiger partial charge in [0, 0.05) is 13.2 Å². The van der Waals surface area contributed by atoms with Gasteiger partial charge in [-0.3, -0.25) is 5.32 Å². The van der Waals surface area contributed by atoms with Gasteiger partial charge < -0.3 is 4.74 Å². The zero-order chi connectivity index (χ0) is 13.7. The Kier molecular flexibility index (Phi) is 11.1. The molecular weight excluding hydrogens is 224 g/mol. The molecule has 1 atom stereocenters. The van der Waals surface area contributed by atoms with Crippen LogP contribution in [-0.4, -0.2) is 25.3 Å². The Hall–Kier alpha value is -0.590. The van der Waals surface area contributed by atoms with Gasteiger partial charge >= 0.3 is 0 Å². The third-order valence-electron chi connectivity index (χ3n) is 3.12. The van der Waals surface area contributed by atoms with Crippen LogP contribution in [0.15, 0.2) is 0 Å². The summed E-state index contributed by atoms with van der Waals surface area (Å²) in [5, 5.41) is 12.5. The van der Waals surface area contributed by atoms with Crippen LogP contribution in [0.2, 0.25) is 0 Å². The largest absolute Gasteiger partial charge is 0.381 e. The molecule has 1 N–H and O–H groups in total. The highest BCUT2D eigenvalue weighted by atomic mass is 16.5. The Bertz CT molecular complexity index is 225. The zero-order valence-corrected chi connectivity index (χ0v) is 12.4. The van der Waals surface area contributed by atoms with Crippen molar-refractivity contribution in [2.75, 3.05) is 19.8 Å². The topological polar surface area (TPSA) is 45.0 Å². The lowest BCUT2D eigenvalue weighted by Gasteiger charge is -2.22. The van der Waals surface area contributed by atoms with Gasteiger partial charge in [0.2, 0.25) is 0 Å². The SMILES string of the molecule is CCCCCCOCCCC(C)(C#N)NCCC. The zero-order valence-electron chi connectivity index (χ0n) is 12.4. The van der Waals surface area contributed by atoms with Crippen LogP contribution in [0.25, 0.3) is 0 Å². The van der Waals surface area contributed by atoms with Crippen molar-refractivity contribution in [3.8, 4) is 6.07 Å².